The molecule has 2 aromatic rings. The van der Waals surface area contributed by atoms with Gasteiger partial charge in [-0.25, -0.2) is 0 Å². The first-order valence-electron chi connectivity index (χ1n) is 7.15. The van der Waals surface area contributed by atoms with E-state index in [1.54, 1.807) is 18.2 Å². The highest BCUT2D eigenvalue weighted by Gasteiger charge is 2.11. The highest BCUT2D eigenvalue weighted by Crippen LogP contribution is 2.19. The van der Waals surface area contributed by atoms with E-state index < -0.39 is 0 Å². The van der Waals surface area contributed by atoms with Crippen LogP contribution in [0.3, 0.4) is 0 Å². The lowest BCUT2D eigenvalue weighted by atomic mass is 10.1. The van der Waals surface area contributed by atoms with Gasteiger partial charge in [0.15, 0.2) is 0 Å². The minimum atomic E-state index is -0.231. The molecular weight excluding hydrogens is 298 g/mol. The smallest absolute Gasteiger partial charge is 0.228 e. The van der Waals surface area contributed by atoms with Crippen molar-refractivity contribution in [2.75, 3.05) is 5.32 Å². The van der Waals surface area contributed by atoms with Crippen LogP contribution in [0.5, 0.6) is 5.75 Å². The molecule has 0 saturated carbocycles. The van der Waals surface area contributed by atoms with E-state index >= 15 is 0 Å². The van der Waals surface area contributed by atoms with Crippen molar-refractivity contribution < 1.29 is 9.53 Å². The van der Waals surface area contributed by atoms with Crippen molar-refractivity contribution in [3.05, 3.63) is 59.1 Å². The molecule has 0 aliphatic carbocycles. The maximum absolute atomic E-state index is 12.0. The maximum Gasteiger partial charge on any atom is 0.228 e. The Hall–Kier alpha value is -2.00. The fourth-order valence-corrected chi connectivity index (χ4v) is 2.18. The number of hydrogen-bond acceptors (Lipinski definition) is 2. The average molecular weight is 318 g/mol. The number of carbonyl (C=O) groups is 1. The Kier molecular flexibility index (Phi) is 5.09. The molecule has 0 radical (unpaired) electrons. The van der Waals surface area contributed by atoms with Crippen LogP contribution < -0.4 is 10.1 Å². The third kappa shape index (κ3) is 5.41. The molecule has 0 spiro atoms. The van der Waals surface area contributed by atoms with Crippen LogP contribution in [-0.2, 0) is 11.2 Å². The summed E-state index contributed by atoms with van der Waals surface area (Å²) in [6, 6.07) is 14.7. The van der Waals surface area contributed by atoms with Gasteiger partial charge in [-0.05, 0) is 56.7 Å². The summed E-state index contributed by atoms with van der Waals surface area (Å²) in [5.74, 6) is 0.721. The molecule has 0 unspecified atom stereocenters. The number of ether oxygens (including phenoxy) is 1. The Morgan fingerprint density at radius 1 is 1.14 bits per heavy atom. The monoisotopic (exact) mass is 317 g/mol. The van der Waals surface area contributed by atoms with E-state index in [-0.39, 0.29) is 11.5 Å². The second-order valence-electron chi connectivity index (χ2n) is 6.09. The van der Waals surface area contributed by atoms with Crippen LogP contribution in [0.15, 0.2) is 48.5 Å². The zero-order chi connectivity index (χ0) is 16.2. The maximum atomic E-state index is 12.0. The Morgan fingerprint density at radius 2 is 1.82 bits per heavy atom. The van der Waals surface area contributed by atoms with Gasteiger partial charge in [-0.15, -0.1) is 0 Å². The topological polar surface area (TPSA) is 38.3 Å². The predicted molar refractivity (Wildman–Crippen MR) is 90.6 cm³/mol. The van der Waals surface area contributed by atoms with Crippen LogP contribution in [-0.4, -0.2) is 11.5 Å². The summed E-state index contributed by atoms with van der Waals surface area (Å²) in [4.78, 5) is 12.0. The number of amides is 1. The van der Waals surface area contributed by atoms with Crippen molar-refractivity contribution in [2.24, 2.45) is 0 Å². The van der Waals surface area contributed by atoms with E-state index in [4.69, 9.17) is 16.3 Å². The molecule has 0 saturated heterocycles. The molecule has 0 heterocycles. The summed E-state index contributed by atoms with van der Waals surface area (Å²) in [5, 5.41) is 3.43. The van der Waals surface area contributed by atoms with Crippen molar-refractivity contribution in [3.63, 3.8) is 0 Å². The lowest BCUT2D eigenvalue weighted by Crippen LogP contribution is -2.22. The van der Waals surface area contributed by atoms with Crippen molar-refractivity contribution in [3.8, 4) is 5.75 Å². The number of anilines is 1. The molecule has 4 heteroatoms. The molecule has 22 heavy (non-hydrogen) atoms. The quantitative estimate of drug-likeness (QED) is 0.887. The van der Waals surface area contributed by atoms with E-state index in [1.807, 2.05) is 51.1 Å². The molecule has 0 aliphatic heterocycles. The Labute approximate surface area is 136 Å². The molecule has 0 bridgehead atoms. The molecule has 1 N–H and O–H groups in total. The Balaban J connectivity index is 1.94. The van der Waals surface area contributed by atoms with Crippen molar-refractivity contribution in [1.82, 2.24) is 0 Å². The second-order valence-corrected chi connectivity index (χ2v) is 6.53. The summed E-state index contributed by atoms with van der Waals surface area (Å²) in [6.45, 7) is 6.00. The Bertz CT molecular complexity index is 645. The molecule has 0 aliphatic rings. The average Bonchev–Trinajstić information content (AvgIpc) is 2.39. The van der Waals surface area contributed by atoms with Crippen LogP contribution >= 0.6 is 11.6 Å². The second kappa shape index (κ2) is 6.84. The van der Waals surface area contributed by atoms with Gasteiger partial charge in [0.2, 0.25) is 5.91 Å². The first-order valence-corrected chi connectivity index (χ1v) is 7.53. The van der Waals surface area contributed by atoms with E-state index in [0.29, 0.717) is 17.1 Å². The van der Waals surface area contributed by atoms with E-state index in [0.717, 1.165) is 11.3 Å². The van der Waals surface area contributed by atoms with Gasteiger partial charge in [0.1, 0.15) is 11.4 Å². The fraction of sp³-hybridized carbons (Fsp3) is 0.278. The zero-order valence-corrected chi connectivity index (χ0v) is 13.8. The van der Waals surface area contributed by atoms with Crippen LogP contribution in [0.2, 0.25) is 5.02 Å². The predicted octanol–water partition coefficient (Wildman–Crippen LogP) is 4.70. The van der Waals surface area contributed by atoms with Gasteiger partial charge < -0.3 is 10.1 Å². The number of halogens is 1. The highest BCUT2D eigenvalue weighted by atomic mass is 35.5. The number of nitrogens with one attached hydrogen (secondary N) is 1. The minimum Gasteiger partial charge on any atom is -0.488 e. The minimum absolute atomic E-state index is 0.0771. The first-order chi connectivity index (χ1) is 10.3. The molecule has 0 atom stereocenters. The number of rotatable bonds is 4. The van der Waals surface area contributed by atoms with Crippen molar-refractivity contribution >= 4 is 23.2 Å². The fourth-order valence-electron chi connectivity index (χ4n) is 1.99. The molecule has 2 rings (SSSR count). The van der Waals surface area contributed by atoms with Crippen molar-refractivity contribution in [2.45, 2.75) is 32.8 Å². The van der Waals surface area contributed by atoms with Crippen LogP contribution in [0, 0.1) is 0 Å². The van der Waals surface area contributed by atoms with E-state index in [9.17, 15) is 4.79 Å². The Morgan fingerprint density at radius 3 is 2.41 bits per heavy atom. The van der Waals surface area contributed by atoms with Crippen molar-refractivity contribution in [1.29, 1.82) is 0 Å². The lowest BCUT2D eigenvalue weighted by Gasteiger charge is -2.21. The van der Waals surface area contributed by atoms with Gasteiger partial charge in [0, 0.05) is 10.7 Å². The summed E-state index contributed by atoms with van der Waals surface area (Å²) >= 11 is 5.89. The molecule has 2 aromatic carbocycles. The summed E-state index contributed by atoms with van der Waals surface area (Å²) in [6.07, 6.45) is 0.308. The van der Waals surface area contributed by atoms with Gasteiger partial charge in [-0.1, -0.05) is 29.8 Å². The van der Waals surface area contributed by atoms with Gasteiger partial charge in [-0.3, -0.25) is 4.79 Å². The number of benzene rings is 2. The standard InChI is InChI=1S/C18H20ClNO2/c1-18(2,3)22-16-9-7-13(8-10-16)11-17(21)20-15-6-4-5-14(19)12-15/h4-10,12H,11H2,1-3H3,(H,20,21). The zero-order valence-electron chi connectivity index (χ0n) is 13.0. The summed E-state index contributed by atoms with van der Waals surface area (Å²) in [7, 11) is 0. The van der Waals surface area contributed by atoms with Gasteiger partial charge in [0.05, 0.1) is 6.42 Å². The highest BCUT2D eigenvalue weighted by molar-refractivity contribution is 6.30. The first kappa shape index (κ1) is 16.4. The van der Waals surface area contributed by atoms with Crippen LogP contribution in [0.25, 0.3) is 0 Å². The third-order valence-corrected chi connectivity index (χ3v) is 3.06. The molecule has 3 nitrogen and oxygen atoms in total. The van der Waals surface area contributed by atoms with Crippen LogP contribution in [0.4, 0.5) is 5.69 Å². The third-order valence-electron chi connectivity index (χ3n) is 2.82. The van der Waals surface area contributed by atoms with E-state index in [1.165, 1.54) is 0 Å². The number of hydrogen-bond donors (Lipinski definition) is 1. The largest absolute Gasteiger partial charge is 0.488 e. The molecule has 116 valence electrons. The molecule has 0 aromatic heterocycles. The molecule has 1 amide bonds. The normalized spacial score (nSPS) is 11.1. The molecule has 0 fully saturated rings. The van der Waals surface area contributed by atoms with E-state index in [2.05, 4.69) is 5.32 Å². The van der Waals surface area contributed by atoms with Gasteiger partial charge >= 0.3 is 0 Å². The van der Waals surface area contributed by atoms with Gasteiger partial charge in [-0.2, -0.15) is 0 Å². The number of carbonyl (C=O) groups excluding carboxylic acids is 1. The van der Waals surface area contributed by atoms with Gasteiger partial charge in [0.25, 0.3) is 0 Å². The summed E-state index contributed by atoms with van der Waals surface area (Å²) < 4.78 is 5.76. The van der Waals surface area contributed by atoms with Crippen LogP contribution in [0.1, 0.15) is 26.3 Å². The molecular formula is C18H20ClNO2. The SMILES string of the molecule is CC(C)(C)Oc1ccc(CC(=O)Nc2cccc(Cl)c2)cc1. The summed E-state index contributed by atoms with van der Waals surface area (Å²) in [5.41, 5.74) is 1.40. The lowest BCUT2D eigenvalue weighted by molar-refractivity contribution is -0.115.